The Labute approximate surface area is 126 Å². The predicted molar refractivity (Wildman–Crippen MR) is 82.9 cm³/mol. The molecule has 1 unspecified atom stereocenters. The molecule has 0 radical (unpaired) electrons. The van der Waals surface area contributed by atoms with Crippen LogP contribution in [0.4, 0.5) is 0 Å². The summed E-state index contributed by atoms with van der Waals surface area (Å²) in [6.45, 7) is 3.12. The summed E-state index contributed by atoms with van der Waals surface area (Å²) in [5.74, 6) is 0. The zero-order valence-electron chi connectivity index (χ0n) is 11.1. The van der Waals surface area contributed by atoms with Crippen molar-refractivity contribution in [3.63, 3.8) is 0 Å². The molecule has 0 amide bonds. The third kappa shape index (κ3) is 2.61. The molecular weight excluding hydrogens is 324 g/mol. The maximum absolute atomic E-state index is 5.42. The zero-order valence-corrected chi connectivity index (χ0v) is 13.5. The van der Waals surface area contributed by atoms with Crippen LogP contribution in [0.5, 0.6) is 0 Å². The zero-order chi connectivity index (χ0) is 13.6. The molecule has 1 atom stereocenters. The second kappa shape index (κ2) is 5.00. The third-order valence-corrected chi connectivity index (χ3v) is 4.60. The lowest BCUT2D eigenvalue weighted by molar-refractivity contribution is 0.226. The molecule has 2 aromatic rings. The van der Waals surface area contributed by atoms with Crippen molar-refractivity contribution >= 4 is 39.3 Å². The molecule has 0 saturated heterocycles. The van der Waals surface area contributed by atoms with Crippen LogP contribution in [0.25, 0.3) is 11.2 Å². The van der Waals surface area contributed by atoms with Gasteiger partial charge in [-0.3, -0.25) is 9.47 Å². The summed E-state index contributed by atoms with van der Waals surface area (Å²) >= 11 is 8.85. The van der Waals surface area contributed by atoms with E-state index in [0.29, 0.717) is 6.04 Å². The number of H-pyrrole nitrogens is 1. The van der Waals surface area contributed by atoms with Crippen LogP contribution in [0, 0.1) is 4.77 Å². The second-order valence-corrected chi connectivity index (χ2v) is 6.61. The van der Waals surface area contributed by atoms with Crippen molar-refractivity contribution in [3.8, 4) is 0 Å². The number of hydrogen-bond acceptors (Lipinski definition) is 3. The standard InChI is InChI=1S/C13H17BrN4S/c1-8(17(2)10-3-4-10)7-18-12-11(16-13(18)19)5-9(14)6-15-12/h5-6,8,10H,3-4,7H2,1-2H3,(H,16,19). The fourth-order valence-corrected chi connectivity index (χ4v) is 3.02. The second-order valence-electron chi connectivity index (χ2n) is 5.31. The van der Waals surface area contributed by atoms with Gasteiger partial charge in [0.2, 0.25) is 0 Å². The molecule has 19 heavy (non-hydrogen) atoms. The van der Waals surface area contributed by atoms with E-state index in [0.717, 1.165) is 33.0 Å². The molecule has 0 aliphatic heterocycles. The Morgan fingerprint density at radius 1 is 1.63 bits per heavy atom. The highest BCUT2D eigenvalue weighted by atomic mass is 79.9. The van der Waals surface area contributed by atoms with Gasteiger partial charge >= 0.3 is 0 Å². The molecule has 1 aliphatic rings. The van der Waals surface area contributed by atoms with Crippen molar-refractivity contribution in [3.05, 3.63) is 21.5 Å². The number of imidazole rings is 1. The van der Waals surface area contributed by atoms with E-state index in [1.165, 1.54) is 12.8 Å². The van der Waals surface area contributed by atoms with Crippen LogP contribution in [0.15, 0.2) is 16.7 Å². The van der Waals surface area contributed by atoms with Crippen molar-refractivity contribution in [2.75, 3.05) is 7.05 Å². The molecular formula is C13H17BrN4S. The number of pyridine rings is 1. The lowest BCUT2D eigenvalue weighted by Gasteiger charge is -2.24. The third-order valence-electron chi connectivity index (χ3n) is 3.84. The van der Waals surface area contributed by atoms with Gasteiger partial charge in [-0.2, -0.15) is 0 Å². The van der Waals surface area contributed by atoms with Crippen LogP contribution in [-0.4, -0.2) is 38.6 Å². The monoisotopic (exact) mass is 340 g/mol. The van der Waals surface area contributed by atoms with Crippen molar-refractivity contribution in [1.82, 2.24) is 19.4 Å². The van der Waals surface area contributed by atoms with Crippen molar-refractivity contribution in [1.29, 1.82) is 0 Å². The largest absolute Gasteiger partial charge is 0.329 e. The lowest BCUT2D eigenvalue weighted by Crippen LogP contribution is -2.34. The van der Waals surface area contributed by atoms with Gasteiger partial charge in [-0.15, -0.1) is 0 Å². The SMILES string of the molecule is CC(Cn1c(=S)[nH]c2cc(Br)cnc21)N(C)C1CC1. The Morgan fingerprint density at radius 3 is 3.05 bits per heavy atom. The Kier molecular flexibility index (Phi) is 3.49. The van der Waals surface area contributed by atoms with Crippen LogP contribution < -0.4 is 0 Å². The van der Waals surface area contributed by atoms with E-state index in [1.807, 2.05) is 12.3 Å². The number of fused-ring (bicyclic) bond motifs is 1. The molecule has 102 valence electrons. The summed E-state index contributed by atoms with van der Waals surface area (Å²) in [6.07, 6.45) is 4.47. The Morgan fingerprint density at radius 2 is 2.37 bits per heavy atom. The highest BCUT2D eigenvalue weighted by molar-refractivity contribution is 9.10. The number of likely N-dealkylation sites (N-methyl/N-ethyl adjacent to an activating group) is 1. The van der Waals surface area contributed by atoms with Gasteiger partial charge in [0, 0.05) is 29.3 Å². The molecule has 0 bridgehead atoms. The molecule has 2 heterocycles. The van der Waals surface area contributed by atoms with Crippen LogP contribution in [0.2, 0.25) is 0 Å². The van der Waals surface area contributed by atoms with Crippen molar-refractivity contribution in [2.24, 2.45) is 0 Å². The van der Waals surface area contributed by atoms with Gasteiger partial charge in [0.1, 0.15) is 0 Å². The summed E-state index contributed by atoms with van der Waals surface area (Å²) in [6, 6.07) is 3.24. The Hall–Kier alpha value is -0.720. The highest BCUT2D eigenvalue weighted by Crippen LogP contribution is 2.27. The molecule has 6 heteroatoms. The first-order valence-electron chi connectivity index (χ1n) is 6.52. The van der Waals surface area contributed by atoms with E-state index in [2.05, 4.69) is 49.3 Å². The van der Waals surface area contributed by atoms with Crippen molar-refractivity contribution < 1.29 is 0 Å². The topological polar surface area (TPSA) is 36.9 Å². The molecule has 0 aromatic carbocycles. The van der Waals surface area contributed by atoms with Crippen LogP contribution in [-0.2, 0) is 6.54 Å². The van der Waals surface area contributed by atoms with Gasteiger partial charge < -0.3 is 4.98 Å². The van der Waals surface area contributed by atoms with Gasteiger partial charge in [-0.05, 0) is 61.0 Å². The van der Waals surface area contributed by atoms with E-state index >= 15 is 0 Å². The Bertz CT molecular complexity index is 658. The van der Waals surface area contributed by atoms with E-state index in [1.54, 1.807) is 0 Å². The van der Waals surface area contributed by atoms with Gasteiger partial charge in [-0.1, -0.05) is 0 Å². The number of halogens is 1. The first-order chi connectivity index (χ1) is 9.06. The molecule has 2 aromatic heterocycles. The normalized spacial score (nSPS) is 17.3. The minimum Gasteiger partial charge on any atom is -0.329 e. The predicted octanol–water partition coefficient (Wildman–Crippen LogP) is 3.34. The smallest absolute Gasteiger partial charge is 0.179 e. The number of aromatic amines is 1. The molecule has 1 N–H and O–H groups in total. The van der Waals surface area contributed by atoms with E-state index in [9.17, 15) is 0 Å². The number of hydrogen-bond donors (Lipinski definition) is 1. The van der Waals surface area contributed by atoms with E-state index in [-0.39, 0.29) is 0 Å². The number of nitrogens with zero attached hydrogens (tertiary/aromatic N) is 3. The van der Waals surface area contributed by atoms with Gasteiger partial charge in [0.05, 0.1) is 5.52 Å². The molecule has 4 nitrogen and oxygen atoms in total. The highest BCUT2D eigenvalue weighted by Gasteiger charge is 2.29. The van der Waals surface area contributed by atoms with Gasteiger partial charge in [0.25, 0.3) is 0 Å². The fourth-order valence-electron chi connectivity index (χ4n) is 2.42. The summed E-state index contributed by atoms with van der Waals surface area (Å²) in [7, 11) is 2.20. The molecule has 1 aliphatic carbocycles. The molecule has 3 rings (SSSR count). The first kappa shape index (κ1) is 13.3. The average Bonchev–Trinajstić information content (AvgIpc) is 3.15. The van der Waals surface area contributed by atoms with Crippen LogP contribution >= 0.6 is 28.1 Å². The summed E-state index contributed by atoms with van der Waals surface area (Å²) in [4.78, 5) is 10.1. The van der Waals surface area contributed by atoms with Crippen LogP contribution in [0.1, 0.15) is 19.8 Å². The molecule has 1 fully saturated rings. The lowest BCUT2D eigenvalue weighted by atomic mass is 10.3. The Balaban J connectivity index is 1.91. The van der Waals surface area contributed by atoms with Crippen LogP contribution in [0.3, 0.4) is 0 Å². The summed E-state index contributed by atoms with van der Waals surface area (Å²) in [5.41, 5.74) is 1.92. The van der Waals surface area contributed by atoms with E-state index < -0.39 is 0 Å². The van der Waals surface area contributed by atoms with Gasteiger partial charge in [-0.25, -0.2) is 4.98 Å². The fraction of sp³-hybridized carbons (Fsp3) is 0.538. The number of nitrogens with one attached hydrogen (secondary N) is 1. The first-order valence-corrected chi connectivity index (χ1v) is 7.72. The van der Waals surface area contributed by atoms with E-state index in [4.69, 9.17) is 12.2 Å². The maximum Gasteiger partial charge on any atom is 0.179 e. The quantitative estimate of drug-likeness (QED) is 0.867. The summed E-state index contributed by atoms with van der Waals surface area (Å²) in [5, 5.41) is 0. The molecule has 1 saturated carbocycles. The van der Waals surface area contributed by atoms with Crippen molar-refractivity contribution in [2.45, 2.75) is 38.4 Å². The maximum atomic E-state index is 5.42. The minimum absolute atomic E-state index is 0.462. The average molecular weight is 341 g/mol. The minimum atomic E-state index is 0.462. The number of rotatable bonds is 4. The summed E-state index contributed by atoms with van der Waals surface area (Å²) < 4.78 is 3.81. The van der Waals surface area contributed by atoms with Gasteiger partial charge in [0.15, 0.2) is 10.4 Å². The number of aromatic nitrogens is 3. The molecule has 0 spiro atoms.